The molecule has 0 saturated carbocycles. The number of carbonyl (C=O) groups is 1. The van der Waals surface area contributed by atoms with Crippen LogP contribution in [0, 0.1) is 41.0 Å². The second-order valence-corrected chi connectivity index (χ2v) is 11.5. The average molecular weight is 605 g/mol. The highest BCUT2D eigenvalue weighted by Crippen LogP contribution is 2.39. The fourth-order valence-corrected chi connectivity index (χ4v) is 6.41. The quantitative estimate of drug-likeness (QED) is 0.210. The number of aryl methyl sites for hydroxylation is 1. The van der Waals surface area contributed by atoms with Crippen LogP contribution in [0.3, 0.4) is 0 Å². The second kappa shape index (κ2) is 13.8. The molecular formula is C32H40N6O6. The first-order chi connectivity index (χ1) is 20.9. The predicted octanol–water partition coefficient (Wildman–Crippen LogP) is 5.42. The number of nitrogens with two attached hydrogens (primary N) is 1. The van der Waals surface area contributed by atoms with Crippen LogP contribution in [0.15, 0.2) is 42.7 Å². The number of methoxy groups -OCH3 is 1. The van der Waals surface area contributed by atoms with E-state index in [9.17, 15) is 25.0 Å². The molecule has 1 aliphatic heterocycles. The average Bonchev–Trinajstić information content (AvgIpc) is 2.99. The zero-order chi connectivity index (χ0) is 32.1. The van der Waals surface area contributed by atoms with Crippen LogP contribution in [0.25, 0.3) is 0 Å². The van der Waals surface area contributed by atoms with Crippen molar-refractivity contribution in [3.05, 3.63) is 96.3 Å². The highest BCUT2D eigenvalue weighted by Gasteiger charge is 2.35. The largest absolute Gasteiger partial charge is 0.497 e. The van der Waals surface area contributed by atoms with E-state index in [1.54, 1.807) is 13.3 Å². The van der Waals surface area contributed by atoms with Gasteiger partial charge in [0.15, 0.2) is 0 Å². The fraction of sp³-hybridized carbons (Fsp3) is 0.438. The number of hydrogen-bond donors (Lipinski definition) is 1. The minimum Gasteiger partial charge on any atom is -0.497 e. The highest BCUT2D eigenvalue weighted by atomic mass is 16.6. The van der Waals surface area contributed by atoms with E-state index in [1.807, 2.05) is 24.4 Å². The smallest absolute Gasteiger partial charge is 0.283 e. The second-order valence-electron chi connectivity index (χ2n) is 11.5. The maximum absolute atomic E-state index is 12.1. The first kappa shape index (κ1) is 32.3. The minimum atomic E-state index is -0.920. The van der Waals surface area contributed by atoms with Gasteiger partial charge in [0.2, 0.25) is 5.91 Å². The number of hydrogen-bond acceptors (Lipinski definition) is 9. The number of ether oxygens (including phenoxy) is 1. The van der Waals surface area contributed by atoms with E-state index in [1.165, 1.54) is 19.4 Å². The SMILES string of the molecule is COc1ccc(N(Cc2cnccc2C)C2CCN([C@H](C)CCc3c([N+](=O)[O-])c(C)c(C(N)=O)c(C)c3[N+](=O)[O-])CC2)cc1. The number of pyridine rings is 1. The summed E-state index contributed by atoms with van der Waals surface area (Å²) in [6.45, 7) is 9.34. The van der Waals surface area contributed by atoms with Crippen molar-refractivity contribution < 1.29 is 19.4 Å². The molecule has 1 amide bonds. The zero-order valence-electron chi connectivity index (χ0n) is 25.9. The molecular weight excluding hydrogens is 564 g/mol. The molecule has 1 aliphatic rings. The molecule has 1 saturated heterocycles. The van der Waals surface area contributed by atoms with E-state index < -0.39 is 27.1 Å². The zero-order valence-corrected chi connectivity index (χ0v) is 25.9. The molecule has 2 aromatic carbocycles. The maximum Gasteiger partial charge on any atom is 0.283 e. The Balaban J connectivity index is 1.51. The van der Waals surface area contributed by atoms with Crippen LogP contribution in [0.2, 0.25) is 0 Å². The standard InChI is InChI=1S/C32H40N6O6/c1-20-12-15-34-18-24(20)19-36(25-7-9-27(44-5)10-8-25)26-13-16-35(17-14-26)21(2)6-11-28-30(37(40)41)22(3)29(32(33)39)23(4)31(28)38(42)43/h7-10,12,15,18,21,26H,6,11,13-14,16-17,19H2,1-5H3,(H2,33,39)/t21-/m1/s1. The molecule has 0 bridgehead atoms. The fourth-order valence-electron chi connectivity index (χ4n) is 6.41. The van der Waals surface area contributed by atoms with Crippen molar-refractivity contribution in [2.24, 2.45) is 5.73 Å². The summed E-state index contributed by atoms with van der Waals surface area (Å²) < 4.78 is 5.37. The number of nitrogens with zero attached hydrogens (tertiary/aromatic N) is 5. The van der Waals surface area contributed by atoms with Crippen LogP contribution >= 0.6 is 0 Å². The van der Waals surface area contributed by atoms with Crippen molar-refractivity contribution in [2.45, 2.75) is 72.0 Å². The summed E-state index contributed by atoms with van der Waals surface area (Å²) in [4.78, 5) is 44.0. The molecule has 4 rings (SSSR count). The normalized spacial score (nSPS) is 14.7. The molecule has 0 spiro atoms. The van der Waals surface area contributed by atoms with Crippen molar-refractivity contribution in [2.75, 3.05) is 25.1 Å². The molecule has 1 atom stereocenters. The lowest BCUT2D eigenvalue weighted by Gasteiger charge is -2.42. The number of likely N-dealkylation sites (tertiary alicyclic amines) is 1. The number of nitro benzene ring substituents is 2. The number of rotatable bonds is 12. The van der Waals surface area contributed by atoms with E-state index in [0.717, 1.165) is 49.5 Å². The molecule has 2 heterocycles. The van der Waals surface area contributed by atoms with E-state index in [-0.39, 0.29) is 40.8 Å². The van der Waals surface area contributed by atoms with E-state index >= 15 is 0 Å². The summed E-state index contributed by atoms with van der Waals surface area (Å²) in [7, 11) is 1.65. The molecule has 0 radical (unpaired) electrons. The Morgan fingerprint density at radius 2 is 1.66 bits per heavy atom. The van der Waals surface area contributed by atoms with Gasteiger partial charge in [0, 0.05) is 60.9 Å². The third kappa shape index (κ3) is 6.80. The summed E-state index contributed by atoms with van der Waals surface area (Å²) in [6, 6.07) is 10.4. The lowest BCUT2D eigenvalue weighted by atomic mass is 9.90. The monoisotopic (exact) mass is 604 g/mol. The lowest BCUT2D eigenvalue weighted by molar-refractivity contribution is -0.396. The van der Waals surface area contributed by atoms with Gasteiger partial charge in [0.05, 0.1) is 22.5 Å². The van der Waals surface area contributed by atoms with Gasteiger partial charge in [0.1, 0.15) is 11.3 Å². The van der Waals surface area contributed by atoms with Crippen LogP contribution in [0.1, 0.15) is 64.4 Å². The van der Waals surface area contributed by atoms with Gasteiger partial charge >= 0.3 is 0 Å². The van der Waals surface area contributed by atoms with Crippen molar-refractivity contribution in [3.63, 3.8) is 0 Å². The number of amides is 1. The number of carbonyl (C=O) groups excluding carboxylic acids is 1. The number of piperidine rings is 1. The Labute approximate surface area is 257 Å². The summed E-state index contributed by atoms with van der Waals surface area (Å²) in [5.41, 5.74) is 8.11. The predicted molar refractivity (Wildman–Crippen MR) is 168 cm³/mol. The number of aromatic nitrogens is 1. The van der Waals surface area contributed by atoms with Crippen LogP contribution in [-0.4, -0.2) is 57.9 Å². The molecule has 0 aliphatic carbocycles. The molecule has 12 heteroatoms. The van der Waals surface area contributed by atoms with Gasteiger partial charge in [0.25, 0.3) is 11.4 Å². The summed E-state index contributed by atoms with van der Waals surface area (Å²) >= 11 is 0. The Bertz CT molecular complexity index is 1490. The molecule has 1 aromatic heterocycles. The Hall–Kier alpha value is -4.58. The van der Waals surface area contributed by atoms with Crippen LogP contribution < -0.4 is 15.4 Å². The first-order valence-corrected chi connectivity index (χ1v) is 14.7. The van der Waals surface area contributed by atoms with Crippen LogP contribution in [-0.2, 0) is 13.0 Å². The molecule has 0 unspecified atom stereocenters. The Morgan fingerprint density at radius 1 is 1.07 bits per heavy atom. The van der Waals surface area contributed by atoms with Gasteiger partial charge in [-0.25, -0.2) is 0 Å². The lowest BCUT2D eigenvalue weighted by Crippen LogP contribution is -2.47. The van der Waals surface area contributed by atoms with Crippen molar-refractivity contribution in [3.8, 4) is 5.75 Å². The van der Waals surface area contributed by atoms with Crippen molar-refractivity contribution >= 4 is 23.0 Å². The number of anilines is 1. The van der Waals surface area contributed by atoms with Gasteiger partial charge in [-0.1, -0.05) is 0 Å². The molecule has 234 valence electrons. The number of primary amides is 1. The molecule has 12 nitrogen and oxygen atoms in total. The van der Waals surface area contributed by atoms with Crippen molar-refractivity contribution in [1.29, 1.82) is 0 Å². The van der Waals surface area contributed by atoms with Gasteiger partial charge < -0.3 is 20.3 Å². The molecule has 3 aromatic rings. The first-order valence-electron chi connectivity index (χ1n) is 14.7. The molecule has 1 fully saturated rings. The topological polar surface area (TPSA) is 158 Å². The van der Waals surface area contributed by atoms with E-state index in [2.05, 4.69) is 40.8 Å². The third-order valence-electron chi connectivity index (χ3n) is 8.91. The van der Waals surface area contributed by atoms with Crippen LogP contribution in [0.4, 0.5) is 17.1 Å². The number of benzene rings is 2. The van der Waals surface area contributed by atoms with Crippen LogP contribution in [0.5, 0.6) is 5.75 Å². The molecule has 2 N–H and O–H groups in total. The van der Waals surface area contributed by atoms with Gasteiger partial charge in [-0.2, -0.15) is 0 Å². The Kier molecular flexibility index (Phi) is 10.1. The van der Waals surface area contributed by atoms with E-state index in [0.29, 0.717) is 6.42 Å². The van der Waals surface area contributed by atoms with Crippen molar-refractivity contribution in [1.82, 2.24) is 9.88 Å². The van der Waals surface area contributed by atoms with Gasteiger partial charge in [-0.15, -0.1) is 0 Å². The van der Waals surface area contributed by atoms with Gasteiger partial charge in [-0.05, 0) is 94.8 Å². The van der Waals surface area contributed by atoms with E-state index in [4.69, 9.17) is 10.5 Å². The summed E-state index contributed by atoms with van der Waals surface area (Å²) in [5, 5.41) is 24.1. The number of nitro groups is 2. The Morgan fingerprint density at radius 3 is 2.16 bits per heavy atom. The molecule has 44 heavy (non-hydrogen) atoms. The maximum atomic E-state index is 12.1. The summed E-state index contributed by atoms with van der Waals surface area (Å²) in [5.74, 6) is -0.124. The summed E-state index contributed by atoms with van der Waals surface area (Å²) in [6.07, 6.45) is 6.14. The third-order valence-corrected chi connectivity index (χ3v) is 8.91. The van der Waals surface area contributed by atoms with Gasteiger partial charge in [-0.3, -0.25) is 30.0 Å². The highest BCUT2D eigenvalue weighted by molar-refractivity contribution is 5.98. The minimum absolute atomic E-state index is 0.0293.